The van der Waals surface area contributed by atoms with Crippen LogP contribution in [-0.2, 0) is 17.9 Å². The first-order valence-corrected chi connectivity index (χ1v) is 10.5. The molecule has 1 heterocycles. The highest BCUT2D eigenvalue weighted by atomic mass is 127. The molecule has 9 heteroatoms. The zero-order valence-corrected chi connectivity index (χ0v) is 20.4. The van der Waals surface area contributed by atoms with Gasteiger partial charge in [0.1, 0.15) is 12.4 Å². The zero-order valence-electron chi connectivity index (χ0n) is 18.1. The summed E-state index contributed by atoms with van der Waals surface area (Å²) in [6, 6.07) is 11.3. The molecule has 0 bridgehead atoms. The van der Waals surface area contributed by atoms with Gasteiger partial charge in [-0.05, 0) is 36.6 Å². The predicted octanol–water partition coefficient (Wildman–Crippen LogP) is 3.84. The molecule has 0 fully saturated rings. The molecular weight excluding hydrogens is 529 g/mol. The summed E-state index contributed by atoms with van der Waals surface area (Å²) < 4.78 is 31.8. The standard InChI is InChI=1S/C23H28F2N4O2.HI/c1-2-26-23(28-12-13-31-21-10-9-19(24)14-20(21)25)27-11-5-8-22(30)29-15-17-6-3-4-7-18(17)16-29;/h3-4,6-7,9-10,14H,2,5,8,11-13,15-16H2,1H3,(H2,26,27,28);1H. The summed E-state index contributed by atoms with van der Waals surface area (Å²) in [5.74, 6) is -0.623. The maximum Gasteiger partial charge on any atom is 0.223 e. The number of fused-ring (bicyclic) bond motifs is 1. The van der Waals surface area contributed by atoms with Gasteiger partial charge in [-0.15, -0.1) is 24.0 Å². The molecule has 0 unspecified atom stereocenters. The number of halogens is 3. The van der Waals surface area contributed by atoms with Crippen molar-refractivity contribution in [3.8, 4) is 5.75 Å². The number of amides is 1. The lowest BCUT2D eigenvalue weighted by Gasteiger charge is -2.15. The van der Waals surface area contributed by atoms with E-state index in [0.717, 1.165) is 12.1 Å². The van der Waals surface area contributed by atoms with Crippen LogP contribution in [0.2, 0.25) is 0 Å². The van der Waals surface area contributed by atoms with Gasteiger partial charge in [0.05, 0.1) is 6.54 Å². The number of ether oxygens (including phenoxy) is 1. The van der Waals surface area contributed by atoms with Crippen LogP contribution >= 0.6 is 24.0 Å². The van der Waals surface area contributed by atoms with Gasteiger partial charge >= 0.3 is 0 Å². The third kappa shape index (κ3) is 7.61. The van der Waals surface area contributed by atoms with E-state index in [4.69, 9.17) is 4.74 Å². The molecule has 0 atom stereocenters. The molecule has 0 saturated carbocycles. The molecule has 2 aromatic rings. The molecule has 1 amide bonds. The molecular formula is C23H29F2IN4O2. The minimum atomic E-state index is -0.730. The average molecular weight is 558 g/mol. The first-order chi connectivity index (χ1) is 15.1. The Bertz CT molecular complexity index is 902. The quantitative estimate of drug-likeness (QED) is 0.213. The van der Waals surface area contributed by atoms with Crippen LogP contribution in [0.25, 0.3) is 0 Å². The maximum absolute atomic E-state index is 13.6. The van der Waals surface area contributed by atoms with Gasteiger partial charge in [-0.3, -0.25) is 9.79 Å². The van der Waals surface area contributed by atoms with Crippen molar-refractivity contribution in [2.24, 2.45) is 4.99 Å². The lowest BCUT2D eigenvalue weighted by atomic mass is 10.1. The van der Waals surface area contributed by atoms with E-state index < -0.39 is 11.6 Å². The molecule has 1 aliphatic heterocycles. The molecule has 0 saturated heterocycles. The molecule has 0 spiro atoms. The van der Waals surface area contributed by atoms with Gasteiger partial charge in [-0.25, -0.2) is 8.78 Å². The Morgan fingerprint density at radius 1 is 1.12 bits per heavy atom. The van der Waals surface area contributed by atoms with Crippen molar-refractivity contribution >= 4 is 35.8 Å². The Morgan fingerprint density at radius 3 is 2.50 bits per heavy atom. The third-order valence-corrected chi connectivity index (χ3v) is 4.90. The minimum Gasteiger partial charge on any atom is -0.489 e. The smallest absolute Gasteiger partial charge is 0.223 e. The van der Waals surface area contributed by atoms with E-state index in [1.165, 1.54) is 17.2 Å². The normalized spacial score (nSPS) is 12.7. The summed E-state index contributed by atoms with van der Waals surface area (Å²) in [5.41, 5.74) is 2.44. The van der Waals surface area contributed by atoms with Crippen molar-refractivity contribution in [1.82, 2.24) is 15.5 Å². The van der Waals surface area contributed by atoms with E-state index in [1.54, 1.807) is 0 Å². The van der Waals surface area contributed by atoms with Crippen molar-refractivity contribution < 1.29 is 18.3 Å². The fourth-order valence-electron chi connectivity index (χ4n) is 3.35. The molecule has 0 aromatic heterocycles. The number of nitrogens with zero attached hydrogens (tertiary/aromatic N) is 2. The van der Waals surface area contributed by atoms with Crippen LogP contribution in [0, 0.1) is 11.6 Å². The maximum atomic E-state index is 13.6. The number of rotatable bonds is 9. The summed E-state index contributed by atoms with van der Waals surface area (Å²) in [4.78, 5) is 18.8. The van der Waals surface area contributed by atoms with Crippen LogP contribution in [0.5, 0.6) is 5.75 Å². The van der Waals surface area contributed by atoms with Gasteiger partial charge in [0, 0.05) is 38.7 Å². The van der Waals surface area contributed by atoms with Gasteiger partial charge in [-0.1, -0.05) is 24.3 Å². The summed E-state index contributed by atoms with van der Waals surface area (Å²) in [6.07, 6.45) is 1.10. The zero-order chi connectivity index (χ0) is 22.1. The lowest BCUT2D eigenvalue weighted by molar-refractivity contribution is -0.131. The number of hydrogen-bond acceptors (Lipinski definition) is 3. The molecule has 32 heavy (non-hydrogen) atoms. The second-order valence-corrected chi connectivity index (χ2v) is 7.23. The van der Waals surface area contributed by atoms with Crippen LogP contribution < -0.4 is 15.4 Å². The van der Waals surface area contributed by atoms with Crippen molar-refractivity contribution in [3.05, 3.63) is 65.2 Å². The first-order valence-electron chi connectivity index (χ1n) is 10.5. The minimum absolute atomic E-state index is 0. The van der Waals surface area contributed by atoms with Gasteiger partial charge in [0.25, 0.3) is 0 Å². The molecule has 6 nitrogen and oxygen atoms in total. The molecule has 0 aliphatic carbocycles. The first kappa shape index (κ1) is 25.8. The topological polar surface area (TPSA) is 66.0 Å². The lowest BCUT2D eigenvalue weighted by Crippen LogP contribution is -2.39. The van der Waals surface area contributed by atoms with Crippen molar-refractivity contribution in [2.75, 3.05) is 26.2 Å². The van der Waals surface area contributed by atoms with Gasteiger partial charge in [-0.2, -0.15) is 0 Å². The van der Waals surface area contributed by atoms with E-state index in [-0.39, 0.29) is 42.2 Å². The summed E-state index contributed by atoms with van der Waals surface area (Å²) in [6.45, 7) is 5.10. The molecule has 2 aromatic carbocycles. The SMILES string of the molecule is CCNC(=NCCCC(=O)N1Cc2ccccc2C1)NCCOc1ccc(F)cc1F.I. The number of carbonyl (C=O) groups is 1. The molecule has 1 aliphatic rings. The van der Waals surface area contributed by atoms with E-state index >= 15 is 0 Å². The monoisotopic (exact) mass is 558 g/mol. The number of aliphatic imine (C=N–C) groups is 1. The van der Waals surface area contributed by atoms with Crippen molar-refractivity contribution in [3.63, 3.8) is 0 Å². The Labute approximate surface area is 204 Å². The van der Waals surface area contributed by atoms with Crippen molar-refractivity contribution in [1.29, 1.82) is 0 Å². The van der Waals surface area contributed by atoms with E-state index in [1.807, 2.05) is 24.0 Å². The Morgan fingerprint density at radius 2 is 1.84 bits per heavy atom. The number of hydrogen-bond donors (Lipinski definition) is 2. The Kier molecular flexibility index (Phi) is 10.6. The van der Waals surface area contributed by atoms with Gasteiger partial charge < -0.3 is 20.3 Å². The molecule has 3 rings (SSSR count). The highest BCUT2D eigenvalue weighted by Crippen LogP contribution is 2.23. The molecule has 0 radical (unpaired) electrons. The largest absolute Gasteiger partial charge is 0.489 e. The van der Waals surface area contributed by atoms with Gasteiger partial charge in [0.15, 0.2) is 17.5 Å². The van der Waals surface area contributed by atoms with Crippen LogP contribution in [0.3, 0.4) is 0 Å². The number of carbonyl (C=O) groups excluding carboxylic acids is 1. The fraction of sp³-hybridized carbons (Fsp3) is 0.391. The fourth-order valence-corrected chi connectivity index (χ4v) is 3.35. The molecule has 174 valence electrons. The van der Waals surface area contributed by atoms with E-state index in [9.17, 15) is 13.6 Å². The van der Waals surface area contributed by atoms with E-state index in [0.29, 0.717) is 51.5 Å². The van der Waals surface area contributed by atoms with Crippen LogP contribution in [0.15, 0.2) is 47.5 Å². The highest BCUT2D eigenvalue weighted by molar-refractivity contribution is 14.0. The summed E-state index contributed by atoms with van der Waals surface area (Å²) in [7, 11) is 0. The second kappa shape index (κ2) is 13.2. The Balaban J connectivity index is 0.00000363. The highest BCUT2D eigenvalue weighted by Gasteiger charge is 2.22. The van der Waals surface area contributed by atoms with Crippen LogP contribution in [-0.4, -0.2) is 43.0 Å². The van der Waals surface area contributed by atoms with E-state index in [2.05, 4.69) is 27.8 Å². The number of nitrogens with one attached hydrogen (secondary N) is 2. The summed E-state index contributed by atoms with van der Waals surface area (Å²) in [5, 5.41) is 6.22. The summed E-state index contributed by atoms with van der Waals surface area (Å²) >= 11 is 0. The predicted molar refractivity (Wildman–Crippen MR) is 131 cm³/mol. The van der Waals surface area contributed by atoms with Gasteiger partial charge in [0.2, 0.25) is 5.91 Å². The third-order valence-electron chi connectivity index (χ3n) is 4.90. The van der Waals surface area contributed by atoms with Crippen LogP contribution in [0.4, 0.5) is 8.78 Å². The van der Waals surface area contributed by atoms with Crippen LogP contribution in [0.1, 0.15) is 30.9 Å². The number of benzene rings is 2. The molecule has 2 N–H and O–H groups in total. The Hall–Kier alpha value is -2.43. The van der Waals surface area contributed by atoms with Crippen molar-refractivity contribution in [2.45, 2.75) is 32.9 Å². The number of guanidine groups is 1. The second-order valence-electron chi connectivity index (χ2n) is 7.23. The average Bonchev–Trinajstić information content (AvgIpc) is 3.19.